The molecular formula is C39H30N2. The number of fused-ring (bicyclic) bond motifs is 6. The van der Waals surface area contributed by atoms with Crippen LogP contribution >= 0.6 is 0 Å². The van der Waals surface area contributed by atoms with Crippen LogP contribution in [0.3, 0.4) is 0 Å². The second-order valence-electron chi connectivity index (χ2n) is 11.6. The van der Waals surface area contributed by atoms with E-state index in [-0.39, 0.29) is 5.41 Å². The Morgan fingerprint density at radius 3 is 2.00 bits per heavy atom. The van der Waals surface area contributed by atoms with E-state index in [1.165, 1.54) is 55.2 Å². The molecule has 0 saturated heterocycles. The predicted octanol–water partition coefficient (Wildman–Crippen LogP) is 10.5. The fourth-order valence-electron chi connectivity index (χ4n) is 6.71. The topological polar surface area (TPSA) is 17.0 Å². The van der Waals surface area contributed by atoms with E-state index in [1.54, 1.807) is 0 Å². The first-order valence-corrected chi connectivity index (χ1v) is 14.3. The number of nitrogens with one attached hydrogen (secondary N) is 1. The highest BCUT2D eigenvalue weighted by atomic mass is 15.0. The maximum atomic E-state index is 3.74. The van der Waals surface area contributed by atoms with Crippen LogP contribution in [0.5, 0.6) is 0 Å². The lowest BCUT2D eigenvalue weighted by Gasteiger charge is -2.22. The number of rotatable bonds is 4. The van der Waals surface area contributed by atoms with Gasteiger partial charge < -0.3 is 9.88 Å². The Hall–Kier alpha value is -5.08. The summed E-state index contributed by atoms with van der Waals surface area (Å²) in [5, 5.41) is 6.24. The summed E-state index contributed by atoms with van der Waals surface area (Å²) in [5.41, 5.74) is 13.6. The van der Waals surface area contributed by atoms with Crippen LogP contribution in [0.2, 0.25) is 0 Å². The van der Waals surface area contributed by atoms with Crippen molar-refractivity contribution < 1.29 is 0 Å². The van der Waals surface area contributed by atoms with Gasteiger partial charge in [-0.25, -0.2) is 0 Å². The second kappa shape index (κ2) is 8.97. The summed E-state index contributed by atoms with van der Waals surface area (Å²) in [5.74, 6) is 0. The van der Waals surface area contributed by atoms with Crippen molar-refractivity contribution in [2.75, 3.05) is 5.32 Å². The molecule has 8 rings (SSSR count). The molecule has 41 heavy (non-hydrogen) atoms. The summed E-state index contributed by atoms with van der Waals surface area (Å²) in [6.45, 7) is 4.66. The zero-order valence-corrected chi connectivity index (χ0v) is 23.2. The second-order valence-corrected chi connectivity index (χ2v) is 11.6. The van der Waals surface area contributed by atoms with Crippen LogP contribution < -0.4 is 5.32 Å². The third-order valence-electron chi connectivity index (χ3n) is 8.76. The molecule has 1 aromatic heterocycles. The number of aromatic nitrogens is 1. The van der Waals surface area contributed by atoms with Crippen LogP contribution in [0.1, 0.15) is 25.0 Å². The molecule has 1 N–H and O–H groups in total. The van der Waals surface area contributed by atoms with E-state index in [0.29, 0.717) is 0 Å². The zero-order valence-electron chi connectivity index (χ0n) is 23.2. The minimum atomic E-state index is -0.0240. The van der Waals surface area contributed by atoms with E-state index in [1.807, 2.05) is 0 Å². The molecule has 0 amide bonds. The van der Waals surface area contributed by atoms with Crippen molar-refractivity contribution in [3.8, 4) is 27.9 Å². The molecule has 0 atom stereocenters. The van der Waals surface area contributed by atoms with Gasteiger partial charge in [-0.1, -0.05) is 105 Å². The first-order valence-electron chi connectivity index (χ1n) is 14.3. The highest BCUT2D eigenvalue weighted by Crippen LogP contribution is 2.49. The highest BCUT2D eigenvalue weighted by molar-refractivity contribution is 6.11. The van der Waals surface area contributed by atoms with E-state index >= 15 is 0 Å². The van der Waals surface area contributed by atoms with Gasteiger partial charge in [0.1, 0.15) is 0 Å². The van der Waals surface area contributed by atoms with Crippen LogP contribution in [0.25, 0.3) is 49.7 Å². The fourth-order valence-corrected chi connectivity index (χ4v) is 6.71. The molecule has 2 heteroatoms. The molecule has 1 heterocycles. The van der Waals surface area contributed by atoms with Gasteiger partial charge in [0.15, 0.2) is 0 Å². The maximum Gasteiger partial charge on any atom is 0.0561 e. The van der Waals surface area contributed by atoms with Crippen molar-refractivity contribution in [3.63, 3.8) is 0 Å². The summed E-state index contributed by atoms with van der Waals surface area (Å²) in [6.07, 6.45) is 0. The quantitative estimate of drug-likeness (QED) is 0.241. The number of anilines is 2. The number of nitrogens with zero attached hydrogens (tertiary/aromatic N) is 1. The number of hydrogen-bond acceptors (Lipinski definition) is 1. The van der Waals surface area contributed by atoms with Crippen LogP contribution in [0.4, 0.5) is 11.4 Å². The molecule has 7 aromatic rings. The minimum Gasteiger partial charge on any atom is -0.355 e. The molecule has 1 aliphatic carbocycles. The Morgan fingerprint density at radius 1 is 0.488 bits per heavy atom. The monoisotopic (exact) mass is 526 g/mol. The minimum absolute atomic E-state index is 0.0240. The van der Waals surface area contributed by atoms with Crippen LogP contribution in [-0.4, -0.2) is 4.57 Å². The molecule has 0 aliphatic heterocycles. The summed E-state index contributed by atoms with van der Waals surface area (Å²) < 4.78 is 2.38. The molecule has 196 valence electrons. The largest absolute Gasteiger partial charge is 0.355 e. The maximum absolute atomic E-state index is 3.74. The van der Waals surface area contributed by atoms with E-state index in [2.05, 4.69) is 163 Å². The Kier molecular flexibility index (Phi) is 5.20. The van der Waals surface area contributed by atoms with Gasteiger partial charge in [0.05, 0.1) is 11.0 Å². The van der Waals surface area contributed by atoms with Crippen molar-refractivity contribution in [1.29, 1.82) is 0 Å². The number of para-hydroxylation sites is 1. The molecule has 0 bridgehead atoms. The lowest BCUT2D eigenvalue weighted by Crippen LogP contribution is -2.15. The van der Waals surface area contributed by atoms with Gasteiger partial charge in [0.25, 0.3) is 0 Å². The van der Waals surface area contributed by atoms with Gasteiger partial charge in [0.2, 0.25) is 0 Å². The Balaban J connectivity index is 1.25. The van der Waals surface area contributed by atoms with Crippen LogP contribution in [0, 0.1) is 0 Å². The first kappa shape index (κ1) is 23.8. The van der Waals surface area contributed by atoms with Crippen molar-refractivity contribution in [3.05, 3.63) is 151 Å². The molecule has 0 fully saturated rings. The third kappa shape index (κ3) is 3.72. The predicted molar refractivity (Wildman–Crippen MR) is 174 cm³/mol. The van der Waals surface area contributed by atoms with E-state index in [9.17, 15) is 0 Å². The van der Waals surface area contributed by atoms with Gasteiger partial charge in [-0.3, -0.25) is 0 Å². The van der Waals surface area contributed by atoms with Gasteiger partial charge in [0, 0.05) is 33.2 Å². The van der Waals surface area contributed by atoms with Crippen molar-refractivity contribution in [2.45, 2.75) is 19.3 Å². The smallest absolute Gasteiger partial charge is 0.0561 e. The normalized spacial score (nSPS) is 13.3. The number of benzene rings is 6. The van der Waals surface area contributed by atoms with E-state index in [4.69, 9.17) is 0 Å². The van der Waals surface area contributed by atoms with E-state index < -0.39 is 0 Å². The third-order valence-corrected chi connectivity index (χ3v) is 8.76. The SMILES string of the molecule is CC1(C)c2ccccc2-c2ccc(Nc3ccc4c5cc(-c6ccccc6)ccc5n(-c5ccccc5)c4c3)cc21. The average molecular weight is 527 g/mol. The van der Waals surface area contributed by atoms with Crippen molar-refractivity contribution in [2.24, 2.45) is 0 Å². The molecule has 0 saturated carbocycles. The molecule has 6 aromatic carbocycles. The van der Waals surface area contributed by atoms with Gasteiger partial charge in [-0.2, -0.15) is 0 Å². The Labute approximate surface area is 240 Å². The Bertz CT molecular complexity index is 2080. The van der Waals surface area contributed by atoms with Gasteiger partial charge in [-0.15, -0.1) is 0 Å². The molecule has 0 unspecified atom stereocenters. The lowest BCUT2D eigenvalue weighted by molar-refractivity contribution is 0.660. The summed E-state index contributed by atoms with van der Waals surface area (Å²) >= 11 is 0. The zero-order chi connectivity index (χ0) is 27.6. The van der Waals surface area contributed by atoms with Gasteiger partial charge >= 0.3 is 0 Å². The summed E-state index contributed by atoms with van der Waals surface area (Å²) in [6, 6.07) is 50.5. The first-order chi connectivity index (χ1) is 20.1. The molecule has 0 radical (unpaired) electrons. The summed E-state index contributed by atoms with van der Waals surface area (Å²) in [4.78, 5) is 0. The van der Waals surface area contributed by atoms with Gasteiger partial charge in [-0.05, 0) is 81.9 Å². The molecular weight excluding hydrogens is 496 g/mol. The number of hydrogen-bond donors (Lipinski definition) is 1. The van der Waals surface area contributed by atoms with E-state index in [0.717, 1.165) is 17.1 Å². The van der Waals surface area contributed by atoms with Crippen LogP contribution in [0.15, 0.2) is 140 Å². The molecule has 1 aliphatic rings. The standard InChI is InChI=1S/C39H30N2/c1-39(2)35-16-10-9-15-31(35)32-20-18-28(24-36(32)39)40-29-19-21-33-34-23-27(26-11-5-3-6-12-26)17-22-37(34)41(38(33)25-29)30-13-7-4-8-14-30/h3-25,40H,1-2H3. The Morgan fingerprint density at radius 2 is 1.17 bits per heavy atom. The summed E-state index contributed by atoms with van der Waals surface area (Å²) in [7, 11) is 0. The van der Waals surface area contributed by atoms with Crippen molar-refractivity contribution >= 4 is 33.2 Å². The lowest BCUT2D eigenvalue weighted by atomic mass is 9.82. The van der Waals surface area contributed by atoms with Crippen molar-refractivity contribution in [1.82, 2.24) is 4.57 Å². The fraction of sp³-hybridized carbons (Fsp3) is 0.0769. The highest BCUT2D eigenvalue weighted by Gasteiger charge is 2.35. The molecule has 2 nitrogen and oxygen atoms in total. The van der Waals surface area contributed by atoms with Crippen LogP contribution in [-0.2, 0) is 5.41 Å². The molecule has 0 spiro atoms. The average Bonchev–Trinajstić information content (AvgIpc) is 3.46.